The summed E-state index contributed by atoms with van der Waals surface area (Å²) in [6.45, 7) is 0.821. The molecule has 0 radical (unpaired) electrons. The predicted octanol–water partition coefficient (Wildman–Crippen LogP) is 3.94. The maximum atomic E-state index is 6.08. The first-order valence-corrected chi connectivity index (χ1v) is 6.94. The highest BCUT2D eigenvalue weighted by Crippen LogP contribution is 2.37. The summed E-state index contributed by atoms with van der Waals surface area (Å²) < 4.78 is 5.95. The van der Waals surface area contributed by atoms with Crippen LogP contribution in [0.5, 0.6) is 0 Å². The molecule has 0 saturated carbocycles. The van der Waals surface area contributed by atoms with Gasteiger partial charge in [0.2, 0.25) is 0 Å². The van der Waals surface area contributed by atoms with Gasteiger partial charge in [0, 0.05) is 41.7 Å². The van der Waals surface area contributed by atoms with Gasteiger partial charge in [0.15, 0.2) is 0 Å². The first-order chi connectivity index (χ1) is 8.90. The Morgan fingerprint density at radius 3 is 3.06 bits per heavy atom. The highest BCUT2D eigenvalue weighted by Gasteiger charge is 2.28. The van der Waals surface area contributed by atoms with Gasteiger partial charge in [-0.15, -0.1) is 11.6 Å². The van der Waals surface area contributed by atoms with Crippen molar-refractivity contribution in [3.8, 4) is 0 Å². The molecule has 2 heterocycles. The Balaban J connectivity index is 2.07. The van der Waals surface area contributed by atoms with Crippen molar-refractivity contribution in [1.82, 2.24) is 4.98 Å². The fraction of sp³-hybridized carbons (Fsp3) is 0.400. The normalized spacial score (nSPS) is 24.3. The largest absolute Gasteiger partial charge is 0.373 e. The van der Waals surface area contributed by atoms with Gasteiger partial charge in [-0.25, -0.2) is 0 Å². The number of aromatic nitrogens is 1. The lowest BCUT2D eigenvalue weighted by molar-refractivity contribution is -0.0201. The second-order valence-electron chi connectivity index (χ2n) is 4.80. The molecule has 1 fully saturated rings. The third kappa shape index (κ3) is 2.11. The summed E-state index contributed by atoms with van der Waals surface area (Å²) in [7, 11) is 0. The van der Waals surface area contributed by atoms with Crippen molar-refractivity contribution < 1.29 is 4.74 Å². The molecule has 1 aromatic carbocycles. The zero-order valence-corrected chi connectivity index (χ0v) is 10.9. The number of alkyl halides is 1. The molecule has 18 heavy (non-hydrogen) atoms. The van der Waals surface area contributed by atoms with Crippen LogP contribution in [0.25, 0.3) is 10.8 Å². The van der Waals surface area contributed by atoms with E-state index < -0.39 is 0 Å². The molecule has 2 unspecified atom stereocenters. The first kappa shape index (κ1) is 11.9. The highest BCUT2D eigenvalue weighted by atomic mass is 35.5. The number of rotatable bonds is 2. The number of hydrogen-bond donors (Lipinski definition) is 0. The SMILES string of the molecule is ClCC1CCCOC1c1cncc2ccccc12. The molecule has 0 spiro atoms. The average molecular weight is 262 g/mol. The second kappa shape index (κ2) is 5.25. The molecule has 1 aromatic heterocycles. The van der Waals surface area contributed by atoms with E-state index in [-0.39, 0.29) is 6.10 Å². The van der Waals surface area contributed by atoms with Gasteiger partial charge < -0.3 is 4.74 Å². The van der Waals surface area contributed by atoms with E-state index in [9.17, 15) is 0 Å². The Morgan fingerprint density at radius 1 is 1.28 bits per heavy atom. The molecule has 3 heteroatoms. The Labute approximate surface area is 112 Å². The molecule has 1 saturated heterocycles. The van der Waals surface area contributed by atoms with E-state index in [1.165, 1.54) is 10.9 Å². The standard InChI is InChI=1S/C15H16ClNO/c16-8-11-5-3-7-18-15(11)14-10-17-9-12-4-1-2-6-13(12)14/h1-2,4,6,9-11,15H,3,5,7-8H2. The van der Waals surface area contributed by atoms with Crippen LogP contribution in [-0.2, 0) is 4.74 Å². The average Bonchev–Trinajstić information content (AvgIpc) is 2.46. The smallest absolute Gasteiger partial charge is 0.0885 e. The van der Waals surface area contributed by atoms with Gasteiger partial charge in [-0.3, -0.25) is 4.98 Å². The van der Waals surface area contributed by atoms with E-state index in [0.29, 0.717) is 11.8 Å². The predicted molar refractivity (Wildman–Crippen MR) is 73.9 cm³/mol. The Morgan fingerprint density at radius 2 is 2.17 bits per heavy atom. The quantitative estimate of drug-likeness (QED) is 0.764. The molecule has 2 nitrogen and oxygen atoms in total. The lowest BCUT2D eigenvalue weighted by atomic mass is 9.89. The van der Waals surface area contributed by atoms with Gasteiger partial charge in [-0.1, -0.05) is 24.3 Å². The van der Waals surface area contributed by atoms with Crippen LogP contribution in [0.1, 0.15) is 24.5 Å². The van der Waals surface area contributed by atoms with Crippen LogP contribution in [0, 0.1) is 5.92 Å². The first-order valence-electron chi connectivity index (χ1n) is 6.40. The maximum absolute atomic E-state index is 6.08. The lowest BCUT2D eigenvalue weighted by Gasteiger charge is -2.31. The topological polar surface area (TPSA) is 22.1 Å². The van der Waals surface area contributed by atoms with Crippen molar-refractivity contribution in [2.45, 2.75) is 18.9 Å². The van der Waals surface area contributed by atoms with Gasteiger partial charge in [0.05, 0.1) is 6.10 Å². The molecule has 0 aliphatic carbocycles. The summed E-state index contributed by atoms with van der Waals surface area (Å²) in [6, 6.07) is 8.32. The summed E-state index contributed by atoms with van der Waals surface area (Å²) in [6.07, 6.45) is 6.16. The van der Waals surface area contributed by atoms with E-state index in [1.54, 1.807) is 0 Å². The van der Waals surface area contributed by atoms with Crippen LogP contribution in [0.15, 0.2) is 36.7 Å². The summed E-state index contributed by atoms with van der Waals surface area (Å²) >= 11 is 6.08. The minimum absolute atomic E-state index is 0.0925. The number of benzene rings is 1. The van der Waals surface area contributed by atoms with E-state index in [1.807, 2.05) is 18.5 Å². The molecule has 3 rings (SSSR count). The van der Waals surface area contributed by atoms with Gasteiger partial charge in [-0.2, -0.15) is 0 Å². The van der Waals surface area contributed by atoms with Crippen LogP contribution < -0.4 is 0 Å². The number of fused-ring (bicyclic) bond motifs is 1. The molecule has 0 amide bonds. The number of hydrogen-bond acceptors (Lipinski definition) is 2. The third-order valence-electron chi connectivity index (χ3n) is 3.65. The number of nitrogens with zero attached hydrogens (tertiary/aromatic N) is 1. The summed E-state index contributed by atoms with van der Waals surface area (Å²) in [5.41, 5.74) is 1.18. The minimum Gasteiger partial charge on any atom is -0.373 e. The fourth-order valence-corrected chi connectivity index (χ4v) is 3.03. The molecule has 1 aliphatic rings. The zero-order valence-electron chi connectivity index (χ0n) is 10.2. The lowest BCUT2D eigenvalue weighted by Crippen LogP contribution is -2.24. The highest BCUT2D eigenvalue weighted by molar-refractivity contribution is 6.18. The number of pyridine rings is 1. The van der Waals surface area contributed by atoms with E-state index in [2.05, 4.69) is 23.2 Å². The van der Waals surface area contributed by atoms with Crippen molar-refractivity contribution in [2.24, 2.45) is 5.92 Å². The fourth-order valence-electron chi connectivity index (χ4n) is 2.71. The van der Waals surface area contributed by atoms with Crippen molar-refractivity contribution in [2.75, 3.05) is 12.5 Å². The number of halogens is 1. The molecule has 2 aromatic rings. The molecule has 1 aliphatic heterocycles. The van der Waals surface area contributed by atoms with E-state index in [4.69, 9.17) is 16.3 Å². The van der Waals surface area contributed by atoms with Gasteiger partial charge in [0.25, 0.3) is 0 Å². The summed E-state index contributed by atoms with van der Waals surface area (Å²) in [5, 5.41) is 2.40. The molecule has 0 N–H and O–H groups in total. The van der Waals surface area contributed by atoms with Gasteiger partial charge in [0.1, 0.15) is 0 Å². The van der Waals surface area contributed by atoms with E-state index in [0.717, 1.165) is 24.8 Å². The van der Waals surface area contributed by atoms with Gasteiger partial charge in [-0.05, 0) is 18.2 Å². The second-order valence-corrected chi connectivity index (χ2v) is 5.11. The van der Waals surface area contributed by atoms with Crippen LogP contribution in [0.4, 0.5) is 0 Å². The van der Waals surface area contributed by atoms with Crippen LogP contribution in [0.3, 0.4) is 0 Å². The third-order valence-corrected chi connectivity index (χ3v) is 4.04. The van der Waals surface area contributed by atoms with Gasteiger partial charge >= 0.3 is 0 Å². The Bertz CT molecular complexity index is 538. The maximum Gasteiger partial charge on any atom is 0.0885 e. The summed E-state index contributed by atoms with van der Waals surface area (Å²) in [4.78, 5) is 4.33. The van der Waals surface area contributed by atoms with Crippen LogP contribution >= 0.6 is 11.6 Å². The van der Waals surface area contributed by atoms with Crippen LogP contribution in [-0.4, -0.2) is 17.5 Å². The molecular weight excluding hydrogens is 246 g/mol. The monoisotopic (exact) mass is 261 g/mol. The minimum atomic E-state index is 0.0925. The molecular formula is C15H16ClNO. The van der Waals surface area contributed by atoms with Crippen molar-refractivity contribution >= 4 is 22.4 Å². The van der Waals surface area contributed by atoms with Crippen molar-refractivity contribution in [3.63, 3.8) is 0 Å². The Hall–Kier alpha value is -1.12. The van der Waals surface area contributed by atoms with E-state index >= 15 is 0 Å². The summed E-state index contributed by atoms with van der Waals surface area (Å²) in [5.74, 6) is 1.04. The molecule has 2 atom stereocenters. The number of ether oxygens (including phenoxy) is 1. The van der Waals surface area contributed by atoms with Crippen LogP contribution in [0.2, 0.25) is 0 Å². The molecule has 94 valence electrons. The molecule has 0 bridgehead atoms. The van der Waals surface area contributed by atoms with Crippen molar-refractivity contribution in [1.29, 1.82) is 0 Å². The van der Waals surface area contributed by atoms with Crippen molar-refractivity contribution in [3.05, 3.63) is 42.2 Å². The Kier molecular flexibility index (Phi) is 3.48. The zero-order chi connectivity index (χ0) is 12.4.